The molecule has 0 atom stereocenters. The Balaban J connectivity index is 1.35. The summed E-state index contributed by atoms with van der Waals surface area (Å²) >= 11 is 0. The lowest BCUT2D eigenvalue weighted by molar-refractivity contribution is 0.132. The number of hydrogen-bond donors (Lipinski definition) is 2. The zero-order valence-electron chi connectivity index (χ0n) is 21.8. The van der Waals surface area contributed by atoms with Crippen LogP contribution in [0, 0.1) is 18.6 Å². The minimum Gasteiger partial charge on any atom is -0.356 e. The van der Waals surface area contributed by atoms with Crippen LogP contribution in [-0.2, 0) is 6.54 Å². The van der Waals surface area contributed by atoms with Gasteiger partial charge in [-0.1, -0.05) is 26.8 Å². The molecule has 0 radical (unpaired) electrons. The van der Waals surface area contributed by atoms with E-state index in [0.717, 1.165) is 67.7 Å². The molecule has 4 aromatic rings. The Morgan fingerprint density at radius 1 is 1.00 bits per heavy atom. The fourth-order valence-corrected chi connectivity index (χ4v) is 5.14. The van der Waals surface area contributed by atoms with E-state index >= 15 is 0 Å². The average molecular weight is 506 g/mol. The van der Waals surface area contributed by atoms with Gasteiger partial charge in [-0.2, -0.15) is 0 Å². The largest absolute Gasteiger partial charge is 0.356 e. The summed E-state index contributed by atoms with van der Waals surface area (Å²) in [5, 5.41) is 3.79. The number of hydrogen-bond acceptors (Lipinski definition) is 6. The van der Waals surface area contributed by atoms with Crippen molar-refractivity contribution in [3.63, 3.8) is 0 Å². The van der Waals surface area contributed by atoms with Gasteiger partial charge in [-0.05, 0) is 48.7 Å². The summed E-state index contributed by atoms with van der Waals surface area (Å²) in [5.41, 5.74) is 3.87. The SMILES string of the molecule is CCN1CCN(Cc2ccc(Nc3ncc(F)c(-c4cc(F)c5[nH]c(C)c(C(C)C)c5c4)n3)nc2)CC1. The molecule has 0 bridgehead atoms. The molecule has 5 rings (SSSR count). The molecule has 2 N–H and O–H groups in total. The molecular formula is C28H33F2N7. The molecule has 3 aromatic heterocycles. The van der Waals surface area contributed by atoms with Gasteiger partial charge in [0.15, 0.2) is 5.82 Å². The number of rotatable bonds is 7. The van der Waals surface area contributed by atoms with Gasteiger partial charge in [0.2, 0.25) is 5.95 Å². The van der Waals surface area contributed by atoms with Crippen molar-refractivity contribution in [2.24, 2.45) is 0 Å². The molecule has 1 aliphatic heterocycles. The fourth-order valence-electron chi connectivity index (χ4n) is 5.14. The number of aryl methyl sites for hydroxylation is 1. The first-order valence-corrected chi connectivity index (χ1v) is 12.8. The van der Waals surface area contributed by atoms with Crippen LogP contribution in [0.4, 0.5) is 20.5 Å². The van der Waals surface area contributed by atoms with Crippen LogP contribution < -0.4 is 5.32 Å². The van der Waals surface area contributed by atoms with Crippen molar-refractivity contribution in [1.29, 1.82) is 0 Å². The van der Waals surface area contributed by atoms with Crippen LogP contribution in [-0.4, -0.2) is 62.5 Å². The Morgan fingerprint density at radius 2 is 1.76 bits per heavy atom. The first-order valence-electron chi connectivity index (χ1n) is 12.8. The van der Waals surface area contributed by atoms with Crippen LogP contribution in [0.15, 0.2) is 36.7 Å². The zero-order valence-corrected chi connectivity index (χ0v) is 21.8. The van der Waals surface area contributed by atoms with Crippen molar-refractivity contribution >= 4 is 22.7 Å². The second-order valence-electron chi connectivity index (χ2n) is 9.98. The van der Waals surface area contributed by atoms with E-state index in [4.69, 9.17) is 0 Å². The maximum atomic E-state index is 15.0. The minimum atomic E-state index is -0.617. The summed E-state index contributed by atoms with van der Waals surface area (Å²) in [6.45, 7) is 14.5. The summed E-state index contributed by atoms with van der Waals surface area (Å²) in [6.07, 6.45) is 2.94. The third-order valence-corrected chi connectivity index (χ3v) is 7.07. The molecule has 0 aliphatic carbocycles. The first kappa shape index (κ1) is 25.2. The number of nitrogens with one attached hydrogen (secondary N) is 2. The normalized spacial score (nSPS) is 15.1. The molecule has 0 spiro atoms. The Bertz CT molecular complexity index is 1390. The zero-order chi connectivity index (χ0) is 26.1. The van der Waals surface area contributed by atoms with Crippen molar-refractivity contribution in [1.82, 2.24) is 29.7 Å². The molecule has 4 heterocycles. The van der Waals surface area contributed by atoms with Crippen molar-refractivity contribution in [2.45, 2.75) is 40.2 Å². The predicted molar refractivity (Wildman–Crippen MR) is 143 cm³/mol. The molecular weight excluding hydrogens is 472 g/mol. The van der Waals surface area contributed by atoms with Gasteiger partial charge in [0.05, 0.1) is 11.7 Å². The van der Waals surface area contributed by atoms with Crippen LogP contribution >= 0.6 is 0 Å². The van der Waals surface area contributed by atoms with Gasteiger partial charge in [0, 0.05) is 55.6 Å². The monoisotopic (exact) mass is 505 g/mol. The van der Waals surface area contributed by atoms with Crippen molar-refractivity contribution < 1.29 is 8.78 Å². The number of benzene rings is 1. The molecule has 0 saturated carbocycles. The summed E-state index contributed by atoms with van der Waals surface area (Å²) in [5.74, 6) is -0.118. The van der Waals surface area contributed by atoms with E-state index in [2.05, 4.69) is 55.8 Å². The van der Waals surface area contributed by atoms with Gasteiger partial charge in [-0.3, -0.25) is 4.90 Å². The lowest BCUT2D eigenvalue weighted by Gasteiger charge is -2.33. The third kappa shape index (κ3) is 5.33. The smallest absolute Gasteiger partial charge is 0.229 e. The van der Waals surface area contributed by atoms with E-state index in [0.29, 0.717) is 16.9 Å². The van der Waals surface area contributed by atoms with Crippen LogP contribution in [0.25, 0.3) is 22.2 Å². The van der Waals surface area contributed by atoms with Gasteiger partial charge < -0.3 is 15.2 Å². The summed E-state index contributed by atoms with van der Waals surface area (Å²) in [7, 11) is 0. The number of fused-ring (bicyclic) bond motifs is 1. The Labute approximate surface area is 216 Å². The molecule has 9 heteroatoms. The molecule has 1 saturated heterocycles. The number of aromatic nitrogens is 4. The standard InChI is InChI=1S/C28H33F2N7/c1-5-36-8-10-37(11-9-36)16-19-6-7-24(31-14-19)34-28-32-15-23(30)26(35-28)20-12-21-25(17(2)3)18(4)33-27(21)22(29)13-20/h6-7,12-15,17,33H,5,8-11,16H2,1-4H3,(H,31,32,34,35). The lowest BCUT2D eigenvalue weighted by Crippen LogP contribution is -2.45. The molecule has 0 amide bonds. The first-order chi connectivity index (χ1) is 17.8. The Kier molecular flexibility index (Phi) is 7.17. The maximum Gasteiger partial charge on any atom is 0.229 e. The van der Waals surface area contributed by atoms with Crippen LogP contribution in [0.1, 0.15) is 43.5 Å². The maximum absolute atomic E-state index is 15.0. The van der Waals surface area contributed by atoms with Gasteiger partial charge in [-0.25, -0.2) is 23.7 Å². The van der Waals surface area contributed by atoms with Gasteiger partial charge in [-0.15, -0.1) is 0 Å². The number of pyridine rings is 1. The third-order valence-electron chi connectivity index (χ3n) is 7.07. The number of aromatic amines is 1. The van der Waals surface area contributed by atoms with E-state index in [1.165, 1.54) is 6.07 Å². The van der Waals surface area contributed by atoms with Crippen molar-refractivity contribution in [2.75, 3.05) is 38.0 Å². The minimum absolute atomic E-state index is 0.0368. The molecule has 1 fully saturated rings. The van der Waals surface area contributed by atoms with E-state index in [1.807, 2.05) is 25.3 Å². The second-order valence-corrected chi connectivity index (χ2v) is 9.98. The van der Waals surface area contributed by atoms with E-state index < -0.39 is 11.6 Å². The predicted octanol–water partition coefficient (Wildman–Crippen LogP) is 5.61. The number of halogens is 2. The van der Waals surface area contributed by atoms with E-state index in [1.54, 1.807) is 6.07 Å². The molecule has 37 heavy (non-hydrogen) atoms. The number of nitrogens with zero attached hydrogens (tertiary/aromatic N) is 5. The highest BCUT2D eigenvalue weighted by Crippen LogP contribution is 2.34. The van der Waals surface area contributed by atoms with E-state index in [-0.39, 0.29) is 17.6 Å². The molecule has 0 unspecified atom stereocenters. The number of likely N-dealkylation sites (N-methyl/N-ethyl adjacent to an activating group) is 1. The summed E-state index contributed by atoms with van der Waals surface area (Å²) in [4.78, 5) is 20.9. The second kappa shape index (κ2) is 10.5. The topological polar surface area (TPSA) is 73.0 Å². The Morgan fingerprint density at radius 3 is 2.43 bits per heavy atom. The molecule has 7 nitrogen and oxygen atoms in total. The summed E-state index contributed by atoms with van der Waals surface area (Å²) in [6, 6.07) is 6.99. The van der Waals surface area contributed by atoms with Gasteiger partial charge in [0.25, 0.3) is 0 Å². The van der Waals surface area contributed by atoms with Crippen LogP contribution in [0.2, 0.25) is 0 Å². The van der Waals surface area contributed by atoms with Crippen LogP contribution in [0.3, 0.4) is 0 Å². The van der Waals surface area contributed by atoms with Crippen LogP contribution in [0.5, 0.6) is 0 Å². The Hall–Kier alpha value is -3.43. The number of H-pyrrole nitrogens is 1. The number of piperazine rings is 1. The van der Waals surface area contributed by atoms with Crippen molar-refractivity contribution in [3.8, 4) is 11.3 Å². The highest BCUT2D eigenvalue weighted by atomic mass is 19.1. The average Bonchev–Trinajstić information content (AvgIpc) is 3.23. The van der Waals surface area contributed by atoms with Gasteiger partial charge >= 0.3 is 0 Å². The highest BCUT2D eigenvalue weighted by molar-refractivity contribution is 5.89. The van der Waals surface area contributed by atoms with Gasteiger partial charge in [0.1, 0.15) is 17.3 Å². The lowest BCUT2D eigenvalue weighted by atomic mass is 9.98. The number of anilines is 2. The molecule has 1 aliphatic rings. The molecule has 1 aromatic carbocycles. The fraction of sp³-hybridized carbons (Fsp3) is 0.393. The molecule has 194 valence electrons. The van der Waals surface area contributed by atoms with Crippen molar-refractivity contribution in [3.05, 3.63) is 65.1 Å². The summed E-state index contributed by atoms with van der Waals surface area (Å²) < 4.78 is 29.8. The quantitative estimate of drug-likeness (QED) is 0.340. The highest BCUT2D eigenvalue weighted by Gasteiger charge is 2.19. The van der Waals surface area contributed by atoms with E-state index in [9.17, 15) is 8.78 Å².